The Bertz CT molecular complexity index is 666. The van der Waals surface area contributed by atoms with Crippen LogP contribution in [0.1, 0.15) is 44.1 Å². The summed E-state index contributed by atoms with van der Waals surface area (Å²) in [5.41, 5.74) is 0.373. The second kappa shape index (κ2) is 6.86. The fraction of sp³-hybridized carbons (Fsp3) is 0.526. The fourth-order valence-corrected chi connectivity index (χ4v) is 3.79. The molecule has 6 nitrogen and oxygen atoms in total. The van der Waals surface area contributed by atoms with Crippen LogP contribution in [0.2, 0.25) is 0 Å². The van der Waals surface area contributed by atoms with Crippen molar-refractivity contribution in [2.45, 2.75) is 44.1 Å². The molecule has 0 radical (unpaired) electrons. The number of hydrogen-bond donors (Lipinski definition) is 1. The van der Waals surface area contributed by atoms with Crippen molar-refractivity contribution in [2.75, 3.05) is 20.1 Å². The molecule has 6 heteroatoms. The van der Waals surface area contributed by atoms with Crippen molar-refractivity contribution < 1.29 is 14.4 Å². The molecule has 1 N–H and O–H groups in total. The second-order valence-electron chi connectivity index (χ2n) is 6.98. The smallest absolute Gasteiger partial charge is 0.324 e. The van der Waals surface area contributed by atoms with Crippen molar-refractivity contribution in [3.8, 4) is 0 Å². The van der Waals surface area contributed by atoms with Crippen LogP contribution in [0.5, 0.6) is 0 Å². The summed E-state index contributed by atoms with van der Waals surface area (Å²) in [4.78, 5) is 39.7. The van der Waals surface area contributed by atoms with Gasteiger partial charge in [0.05, 0.1) is 0 Å². The molecular weight excluding hydrogens is 318 g/mol. The van der Waals surface area contributed by atoms with Gasteiger partial charge in [0.1, 0.15) is 5.54 Å². The third-order valence-electron chi connectivity index (χ3n) is 5.52. The minimum Gasteiger partial charge on any atom is -0.342 e. The van der Waals surface area contributed by atoms with E-state index in [9.17, 15) is 14.4 Å². The van der Waals surface area contributed by atoms with Crippen LogP contribution in [0.15, 0.2) is 30.3 Å². The minimum atomic E-state index is -0.813. The summed E-state index contributed by atoms with van der Waals surface area (Å²) in [7, 11) is 1.50. The summed E-state index contributed by atoms with van der Waals surface area (Å²) in [6, 6.07) is 9.76. The number of piperidine rings is 1. The van der Waals surface area contributed by atoms with Crippen LogP contribution >= 0.6 is 0 Å². The van der Waals surface area contributed by atoms with Crippen LogP contribution in [0.4, 0.5) is 4.79 Å². The molecule has 1 aromatic carbocycles. The first-order chi connectivity index (χ1) is 12.0. The molecule has 1 spiro atoms. The van der Waals surface area contributed by atoms with Gasteiger partial charge in [-0.05, 0) is 30.7 Å². The molecule has 2 fully saturated rings. The molecule has 134 valence electrons. The Morgan fingerprint density at radius 2 is 1.84 bits per heavy atom. The summed E-state index contributed by atoms with van der Waals surface area (Å²) in [6.45, 7) is 3.10. The van der Waals surface area contributed by atoms with Crippen molar-refractivity contribution >= 4 is 17.8 Å². The van der Waals surface area contributed by atoms with E-state index in [1.54, 1.807) is 0 Å². The molecule has 1 atom stereocenters. The van der Waals surface area contributed by atoms with Gasteiger partial charge in [0, 0.05) is 26.6 Å². The Morgan fingerprint density at radius 1 is 1.20 bits per heavy atom. The molecule has 4 amide bonds. The van der Waals surface area contributed by atoms with Gasteiger partial charge in [0.2, 0.25) is 5.91 Å². The highest BCUT2D eigenvalue weighted by Gasteiger charge is 2.51. The number of urea groups is 1. The lowest BCUT2D eigenvalue weighted by molar-refractivity contribution is -0.138. The Kier molecular flexibility index (Phi) is 4.79. The maximum Gasteiger partial charge on any atom is 0.324 e. The predicted molar refractivity (Wildman–Crippen MR) is 93.9 cm³/mol. The Balaban J connectivity index is 1.60. The number of likely N-dealkylation sites (tertiary alicyclic amines) is 1. The Labute approximate surface area is 148 Å². The van der Waals surface area contributed by atoms with E-state index in [-0.39, 0.29) is 23.8 Å². The van der Waals surface area contributed by atoms with Crippen LogP contribution in [-0.2, 0) is 9.59 Å². The zero-order valence-electron chi connectivity index (χ0n) is 14.8. The lowest BCUT2D eigenvalue weighted by Crippen LogP contribution is -2.55. The minimum absolute atomic E-state index is 0.121. The lowest BCUT2D eigenvalue weighted by atomic mass is 9.86. The number of carbonyl (C=O) groups is 3. The monoisotopic (exact) mass is 343 g/mol. The van der Waals surface area contributed by atoms with E-state index in [0.29, 0.717) is 32.4 Å². The first-order valence-corrected chi connectivity index (χ1v) is 8.90. The number of amides is 4. The highest BCUT2D eigenvalue weighted by molar-refractivity contribution is 6.06. The van der Waals surface area contributed by atoms with Gasteiger partial charge in [-0.15, -0.1) is 0 Å². The van der Waals surface area contributed by atoms with Crippen LogP contribution in [0, 0.1) is 0 Å². The number of benzene rings is 1. The van der Waals surface area contributed by atoms with E-state index in [1.165, 1.54) is 12.6 Å². The van der Waals surface area contributed by atoms with Crippen molar-refractivity contribution in [1.82, 2.24) is 15.1 Å². The van der Waals surface area contributed by atoms with Crippen LogP contribution in [-0.4, -0.2) is 53.3 Å². The molecule has 0 unspecified atom stereocenters. The largest absolute Gasteiger partial charge is 0.342 e. The number of imide groups is 1. The van der Waals surface area contributed by atoms with Crippen LogP contribution in [0.3, 0.4) is 0 Å². The van der Waals surface area contributed by atoms with E-state index < -0.39 is 5.54 Å². The SMILES string of the molecule is CC[C@@H](CC(=O)N1CCC2(CC1)NC(=O)N(C)C2=O)c1ccccc1. The standard InChI is InChI=1S/C19H25N3O3/c1-3-14(15-7-5-4-6-8-15)13-16(23)22-11-9-19(10-12-22)17(24)21(2)18(25)20-19/h4-8,14H,3,9-13H2,1-2H3,(H,20,25)/t14-/m0/s1. The third-order valence-corrected chi connectivity index (χ3v) is 5.52. The summed E-state index contributed by atoms with van der Waals surface area (Å²) >= 11 is 0. The van der Waals surface area contributed by atoms with Gasteiger partial charge in [-0.3, -0.25) is 14.5 Å². The molecular formula is C19H25N3O3. The van der Waals surface area contributed by atoms with E-state index >= 15 is 0 Å². The number of hydrogen-bond acceptors (Lipinski definition) is 3. The predicted octanol–water partition coefficient (Wildman–Crippen LogP) is 2.11. The van der Waals surface area contributed by atoms with Gasteiger partial charge >= 0.3 is 6.03 Å². The van der Waals surface area contributed by atoms with Crippen LogP contribution < -0.4 is 5.32 Å². The molecule has 25 heavy (non-hydrogen) atoms. The lowest BCUT2D eigenvalue weighted by Gasteiger charge is -2.37. The molecule has 2 saturated heterocycles. The molecule has 1 aromatic rings. The number of nitrogens with zero attached hydrogens (tertiary/aromatic N) is 2. The average Bonchev–Trinajstić information content (AvgIpc) is 2.84. The molecule has 2 aliphatic rings. The average molecular weight is 343 g/mol. The van der Waals surface area contributed by atoms with E-state index in [1.807, 2.05) is 23.1 Å². The number of carbonyl (C=O) groups excluding carboxylic acids is 3. The zero-order valence-corrected chi connectivity index (χ0v) is 14.8. The first kappa shape index (κ1) is 17.5. The second-order valence-corrected chi connectivity index (χ2v) is 6.98. The number of rotatable bonds is 4. The number of likely N-dealkylation sites (N-methyl/N-ethyl adjacent to an activating group) is 1. The summed E-state index contributed by atoms with van der Waals surface area (Å²) in [5, 5.41) is 2.81. The summed E-state index contributed by atoms with van der Waals surface area (Å²) < 4.78 is 0. The van der Waals surface area contributed by atoms with Crippen molar-refractivity contribution in [3.63, 3.8) is 0 Å². The maximum absolute atomic E-state index is 12.7. The van der Waals surface area contributed by atoms with E-state index in [0.717, 1.165) is 11.3 Å². The van der Waals surface area contributed by atoms with Crippen molar-refractivity contribution in [3.05, 3.63) is 35.9 Å². The molecule has 0 bridgehead atoms. The molecule has 3 rings (SSSR count). The highest BCUT2D eigenvalue weighted by Crippen LogP contribution is 2.30. The number of nitrogens with one attached hydrogen (secondary N) is 1. The topological polar surface area (TPSA) is 69.7 Å². The summed E-state index contributed by atoms with van der Waals surface area (Å²) in [6.07, 6.45) is 2.35. The molecule has 0 aromatic heterocycles. The molecule has 0 aliphatic carbocycles. The Morgan fingerprint density at radius 3 is 2.36 bits per heavy atom. The normalized spacial score (nSPS) is 20.7. The fourth-order valence-electron chi connectivity index (χ4n) is 3.79. The zero-order chi connectivity index (χ0) is 18.0. The van der Waals surface area contributed by atoms with Gasteiger partial charge in [0.25, 0.3) is 5.91 Å². The van der Waals surface area contributed by atoms with Gasteiger partial charge in [0.15, 0.2) is 0 Å². The van der Waals surface area contributed by atoms with Gasteiger partial charge in [-0.2, -0.15) is 0 Å². The van der Waals surface area contributed by atoms with Crippen molar-refractivity contribution in [2.24, 2.45) is 0 Å². The highest BCUT2D eigenvalue weighted by atomic mass is 16.2. The van der Waals surface area contributed by atoms with Gasteiger partial charge in [-0.1, -0.05) is 37.3 Å². The van der Waals surface area contributed by atoms with E-state index in [4.69, 9.17) is 0 Å². The Hall–Kier alpha value is -2.37. The summed E-state index contributed by atoms with van der Waals surface area (Å²) in [5.74, 6) is 0.152. The molecule has 2 aliphatic heterocycles. The van der Waals surface area contributed by atoms with Gasteiger partial charge < -0.3 is 10.2 Å². The molecule has 0 saturated carbocycles. The van der Waals surface area contributed by atoms with E-state index in [2.05, 4.69) is 24.4 Å². The maximum atomic E-state index is 12.7. The van der Waals surface area contributed by atoms with Crippen LogP contribution in [0.25, 0.3) is 0 Å². The molecule has 2 heterocycles. The van der Waals surface area contributed by atoms with Gasteiger partial charge in [-0.25, -0.2) is 4.79 Å². The van der Waals surface area contributed by atoms with Crippen molar-refractivity contribution in [1.29, 1.82) is 0 Å². The third kappa shape index (κ3) is 3.25. The quantitative estimate of drug-likeness (QED) is 0.851. The first-order valence-electron chi connectivity index (χ1n) is 8.90.